The first kappa shape index (κ1) is 18.4. The topological polar surface area (TPSA) is 27.6 Å². The third-order valence-corrected chi connectivity index (χ3v) is 3.02. The summed E-state index contributed by atoms with van der Waals surface area (Å²) in [5, 5.41) is 3.30. The summed E-state index contributed by atoms with van der Waals surface area (Å²) in [5.74, 6) is 0.550. The minimum absolute atomic E-state index is 0. The zero-order chi connectivity index (χ0) is 15.1. The Labute approximate surface area is 148 Å². The molecule has 118 valence electrons. The highest BCUT2D eigenvalue weighted by molar-refractivity contribution is 14.0. The van der Waals surface area contributed by atoms with Crippen LogP contribution in [0.3, 0.4) is 0 Å². The second-order valence-corrected chi connectivity index (χ2v) is 5.00. The van der Waals surface area contributed by atoms with Gasteiger partial charge in [-0.3, -0.25) is 0 Å². The number of hydrogen-bond acceptors (Lipinski definition) is 1. The molecule has 0 unspecified atom stereocenters. The van der Waals surface area contributed by atoms with Gasteiger partial charge in [0.25, 0.3) is 0 Å². The van der Waals surface area contributed by atoms with Gasteiger partial charge in [-0.15, -0.1) is 24.0 Å². The van der Waals surface area contributed by atoms with Gasteiger partial charge in [0, 0.05) is 20.6 Å². The lowest BCUT2D eigenvalue weighted by molar-refractivity contribution is 0.578. The van der Waals surface area contributed by atoms with Gasteiger partial charge in [0.15, 0.2) is 5.96 Å². The zero-order valence-corrected chi connectivity index (χ0v) is 15.1. The maximum absolute atomic E-state index is 13.1. The molecule has 0 atom stereocenters. The van der Waals surface area contributed by atoms with Crippen LogP contribution in [0.25, 0.3) is 0 Å². The molecular formula is C17H21FIN3. The molecule has 0 saturated heterocycles. The molecule has 2 aromatic carbocycles. The average Bonchev–Trinajstić information content (AvgIpc) is 2.48. The van der Waals surface area contributed by atoms with E-state index in [1.165, 1.54) is 17.7 Å². The maximum Gasteiger partial charge on any atom is 0.194 e. The van der Waals surface area contributed by atoms with E-state index in [1.807, 2.05) is 43.3 Å². The summed E-state index contributed by atoms with van der Waals surface area (Å²) in [7, 11) is 3.87. The van der Waals surface area contributed by atoms with Crippen LogP contribution < -0.4 is 5.32 Å². The van der Waals surface area contributed by atoms with Gasteiger partial charge in [-0.2, -0.15) is 0 Å². The van der Waals surface area contributed by atoms with Gasteiger partial charge < -0.3 is 10.2 Å². The zero-order valence-electron chi connectivity index (χ0n) is 12.8. The molecular weight excluding hydrogens is 392 g/mol. The van der Waals surface area contributed by atoms with E-state index in [9.17, 15) is 4.39 Å². The lowest BCUT2D eigenvalue weighted by Gasteiger charge is -2.17. The van der Waals surface area contributed by atoms with Crippen molar-refractivity contribution in [1.82, 2.24) is 10.2 Å². The molecule has 1 N–H and O–H groups in total. The smallest absolute Gasteiger partial charge is 0.194 e. The molecule has 2 aromatic rings. The van der Waals surface area contributed by atoms with E-state index in [1.54, 1.807) is 6.07 Å². The highest BCUT2D eigenvalue weighted by Gasteiger charge is 2.02. The molecule has 3 nitrogen and oxygen atoms in total. The van der Waals surface area contributed by atoms with Gasteiger partial charge in [0.1, 0.15) is 5.82 Å². The molecule has 0 amide bonds. The van der Waals surface area contributed by atoms with Crippen molar-refractivity contribution in [3.05, 3.63) is 71.5 Å². The Balaban J connectivity index is 0.00000242. The fourth-order valence-electron chi connectivity index (χ4n) is 1.93. The second-order valence-electron chi connectivity index (χ2n) is 5.00. The van der Waals surface area contributed by atoms with E-state index in [4.69, 9.17) is 0 Å². The molecule has 0 spiro atoms. The van der Waals surface area contributed by atoms with Crippen LogP contribution in [-0.4, -0.2) is 25.0 Å². The molecule has 22 heavy (non-hydrogen) atoms. The molecule has 0 radical (unpaired) electrons. The van der Waals surface area contributed by atoms with Crippen LogP contribution in [0.2, 0.25) is 0 Å². The number of nitrogens with one attached hydrogen (secondary N) is 1. The highest BCUT2D eigenvalue weighted by atomic mass is 127. The Morgan fingerprint density at radius 1 is 1.05 bits per heavy atom. The Bertz CT molecular complexity index is 600. The van der Waals surface area contributed by atoms with E-state index >= 15 is 0 Å². The van der Waals surface area contributed by atoms with Gasteiger partial charge >= 0.3 is 0 Å². The Kier molecular flexibility index (Phi) is 7.87. The van der Waals surface area contributed by atoms with Crippen molar-refractivity contribution in [3.8, 4) is 0 Å². The summed E-state index contributed by atoms with van der Waals surface area (Å²) in [6.45, 7) is 1.16. The van der Waals surface area contributed by atoms with Crippen LogP contribution in [0, 0.1) is 5.82 Å². The van der Waals surface area contributed by atoms with Crippen LogP contribution in [0.15, 0.2) is 59.6 Å². The second kappa shape index (κ2) is 9.40. The number of benzene rings is 2. The number of hydrogen-bond donors (Lipinski definition) is 1. The first-order chi connectivity index (χ1) is 10.1. The standard InChI is InChI=1S/C17H20FN3.HI/c1-21(2)17(19-12-14-7-4-3-5-8-14)20-13-15-9-6-10-16(18)11-15;/h3-11H,12-13H2,1-2H3,(H,19,20);1H. The Morgan fingerprint density at radius 2 is 1.73 bits per heavy atom. The number of rotatable bonds is 4. The number of aliphatic imine (C=N–C) groups is 1. The van der Waals surface area contributed by atoms with Crippen molar-refractivity contribution in [2.75, 3.05) is 14.1 Å². The lowest BCUT2D eigenvalue weighted by atomic mass is 10.2. The highest BCUT2D eigenvalue weighted by Crippen LogP contribution is 2.05. The van der Waals surface area contributed by atoms with Crippen LogP contribution in [-0.2, 0) is 13.1 Å². The maximum atomic E-state index is 13.1. The molecule has 0 aromatic heterocycles. The quantitative estimate of drug-likeness (QED) is 0.471. The number of halogens is 2. The van der Waals surface area contributed by atoms with Crippen molar-refractivity contribution in [1.29, 1.82) is 0 Å². The van der Waals surface area contributed by atoms with E-state index < -0.39 is 0 Å². The summed E-state index contributed by atoms with van der Waals surface area (Å²) in [5.41, 5.74) is 2.05. The normalized spacial score (nSPS) is 10.8. The van der Waals surface area contributed by atoms with Crippen molar-refractivity contribution in [3.63, 3.8) is 0 Å². The predicted octanol–water partition coefficient (Wildman–Crippen LogP) is 3.65. The summed E-state index contributed by atoms with van der Waals surface area (Å²) >= 11 is 0. The van der Waals surface area contributed by atoms with Crippen molar-refractivity contribution < 1.29 is 4.39 Å². The molecule has 0 aliphatic carbocycles. The van der Waals surface area contributed by atoms with E-state index in [0.717, 1.165) is 11.5 Å². The van der Waals surface area contributed by atoms with Crippen molar-refractivity contribution >= 4 is 29.9 Å². The third-order valence-electron chi connectivity index (χ3n) is 3.02. The lowest BCUT2D eigenvalue weighted by Crippen LogP contribution is -2.36. The molecule has 0 saturated carbocycles. The molecule has 5 heteroatoms. The van der Waals surface area contributed by atoms with Crippen LogP contribution in [0.4, 0.5) is 4.39 Å². The minimum Gasteiger partial charge on any atom is -0.352 e. The average molecular weight is 413 g/mol. The summed E-state index contributed by atoms with van der Waals surface area (Å²) in [6, 6.07) is 16.7. The molecule has 0 aliphatic heterocycles. The van der Waals surface area contributed by atoms with Crippen molar-refractivity contribution in [2.24, 2.45) is 4.99 Å². The van der Waals surface area contributed by atoms with Gasteiger partial charge in [0.2, 0.25) is 0 Å². The molecule has 0 bridgehead atoms. The van der Waals surface area contributed by atoms with E-state index in [-0.39, 0.29) is 29.8 Å². The van der Waals surface area contributed by atoms with Gasteiger partial charge in [-0.1, -0.05) is 42.5 Å². The Morgan fingerprint density at radius 3 is 2.36 bits per heavy atom. The number of guanidine groups is 1. The first-order valence-electron chi connectivity index (χ1n) is 6.89. The van der Waals surface area contributed by atoms with Crippen molar-refractivity contribution in [2.45, 2.75) is 13.1 Å². The molecule has 0 aliphatic rings. The largest absolute Gasteiger partial charge is 0.352 e. The summed E-state index contributed by atoms with van der Waals surface area (Å²) in [6.07, 6.45) is 0. The van der Waals surface area contributed by atoms with Crippen LogP contribution in [0.1, 0.15) is 11.1 Å². The van der Waals surface area contributed by atoms with Crippen LogP contribution >= 0.6 is 24.0 Å². The van der Waals surface area contributed by atoms with E-state index in [2.05, 4.69) is 22.4 Å². The SMILES string of the molecule is CN(C)C(=NCc1cccc(F)c1)NCc1ccccc1.I. The molecule has 0 heterocycles. The van der Waals surface area contributed by atoms with Gasteiger partial charge in [-0.25, -0.2) is 9.38 Å². The van der Waals surface area contributed by atoms with Gasteiger partial charge in [0.05, 0.1) is 6.54 Å². The summed E-state index contributed by atoms with van der Waals surface area (Å²) in [4.78, 5) is 6.43. The Hall–Kier alpha value is -1.63. The minimum atomic E-state index is -0.230. The van der Waals surface area contributed by atoms with Crippen LogP contribution in [0.5, 0.6) is 0 Å². The summed E-state index contributed by atoms with van der Waals surface area (Å²) < 4.78 is 13.1. The fourth-order valence-corrected chi connectivity index (χ4v) is 1.93. The molecule has 0 fully saturated rings. The molecule has 2 rings (SSSR count). The monoisotopic (exact) mass is 413 g/mol. The van der Waals surface area contributed by atoms with E-state index in [0.29, 0.717) is 13.1 Å². The number of nitrogens with zero attached hydrogens (tertiary/aromatic N) is 2. The third kappa shape index (κ3) is 6.01. The first-order valence-corrected chi connectivity index (χ1v) is 6.89. The predicted molar refractivity (Wildman–Crippen MR) is 99.9 cm³/mol. The van der Waals surface area contributed by atoms with Gasteiger partial charge in [-0.05, 0) is 23.3 Å². The fraction of sp³-hybridized carbons (Fsp3) is 0.235.